The SMILES string of the molecule is COC1(CO)CCN(c2ncc(Cl)cc2Br)C1. The fourth-order valence-electron chi connectivity index (χ4n) is 2.03. The van der Waals surface area contributed by atoms with Gasteiger partial charge in [0, 0.05) is 19.9 Å². The Bertz CT molecular complexity index is 412. The van der Waals surface area contributed by atoms with Gasteiger partial charge in [-0.3, -0.25) is 0 Å². The first-order valence-corrected chi connectivity index (χ1v) is 6.49. The molecule has 1 atom stereocenters. The van der Waals surface area contributed by atoms with E-state index in [-0.39, 0.29) is 6.61 Å². The van der Waals surface area contributed by atoms with Gasteiger partial charge in [0.1, 0.15) is 11.4 Å². The van der Waals surface area contributed by atoms with Crippen molar-refractivity contribution in [3.8, 4) is 0 Å². The van der Waals surface area contributed by atoms with Crippen LogP contribution in [0.2, 0.25) is 5.02 Å². The van der Waals surface area contributed by atoms with Gasteiger partial charge in [0.25, 0.3) is 0 Å². The third-order valence-corrected chi connectivity index (χ3v) is 3.92. The molecule has 0 aromatic carbocycles. The number of aliphatic hydroxyl groups excluding tert-OH is 1. The van der Waals surface area contributed by atoms with Gasteiger partial charge in [-0.05, 0) is 28.4 Å². The molecule has 4 nitrogen and oxygen atoms in total. The van der Waals surface area contributed by atoms with Crippen molar-refractivity contribution in [2.75, 3.05) is 31.7 Å². The van der Waals surface area contributed by atoms with E-state index in [0.717, 1.165) is 23.3 Å². The average Bonchev–Trinajstić information content (AvgIpc) is 2.74. The Morgan fingerprint density at radius 1 is 1.71 bits per heavy atom. The van der Waals surface area contributed by atoms with Gasteiger partial charge in [-0.1, -0.05) is 11.6 Å². The fraction of sp³-hybridized carbons (Fsp3) is 0.545. The number of pyridine rings is 1. The zero-order valence-corrected chi connectivity index (χ0v) is 11.8. The number of methoxy groups -OCH3 is 1. The molecular weight excluding hydrogens is 307 g/mol. The molecule has 94 valence electrons. The van der Waals surface area contributed by atoms with Gasteiger partial charge in [-0.2, -0.15) is 0 Å². The molecule has 0 radical (unpaired) electrons. The van der Waals surface area contributed by atoms with Gasteiger partial charge in [0.15, 0.2) is 0 Å². The van der Waals surface area contributed by atoms with Crippen LogP contribution in [0.1, 0.15) is 6.42 Å². The molecule has 2 rings (SSSR count). The lowest BCUT2D eigenvalue weighted by Gasteiger charge is -2.26. The molecule has 0 saturated carbocycles. The summed E-state index contributed by atoms with van der Waals surface area (Å²) in [5, 5.41) is 9.99. The molecule has 1 fully saturated rings. The van der Waals surface area contributed by atoms with E-state index >= 15 is 0 Å². The van der Waals surface area contributed by atoms with Crippen LogP contribution in [0, 0.1) is 0 Å². The van der Waals surface area contributed by atoms with Crippen molar-refractivity contribution in [2.24, 2.45) is 0 Å². The number of hydrogen-bond acceptors (Lipinski definition) is 4. The summed E-state index contributed by atoms with van der Waals surface area (Å²) in [7, 11) is 1.63. The highest BCUT2D eigenvalue weighted by Crippen LogP contribution is 2.33. The Morgan fingerprint density at radius 2 is 2.47 bits per heavy atom. The lowest BCUT2D eigenvalue weighted by molar-refractivity contribution is -0.0346. The molecule has 1 aliphatic rings. The Balaban J connectivity index is 2.20. The Kier molecular flexibility index (Phi) is 3.92. The second-order valence-corrected chi connectivity index (χ2v) is 5.47. The molecule has 1 N–H and O–H groups in total. The van der Waals surface area contributed by atoms with Crippen LogP contribution in [-0.4, -0.2) is 42.5 Å². The van der Waals surface area contributed by atoms with Crippen molar-refractivity contribution in [2.45, 2.75) is 12.0 Å². The molecule has 1 aromatic rings. The number of ether oxygens (including phenoxy) is 1. The molecular formula is C11H14BrClN2O2. The largest absolute Gasteiger partial charge is 0.393 e. The van der Waals surface area contributed by atoms with Crippen LogP contribution in [0.5, 0.6) is 0 Å². The van der Waals surface area contributed by atoms with Crippen molar-refractivity contribution in [1.82, 2.24) is 4.98 Å². The lowest BCUT2D eigenvalue weighted by atomic mass is 10.1. The van der Waals surface area contributed by atoms with Crippen molar-refractivity contribution in [3.05, 3.63) is 21.8 Å². The summed E-state index contributed by atoms with van der Waals surface area (Å²) in [6, 6.07) is 1.82. The zero-order valence-electron chi connectivity index (χ0n) is 9.49. The molecule has 0 aliphatic carbocycles. The minimum atomic E-state index is -0.471. The maximum absolute atomic E-state index is 9.39. The average molecular weight is 322 g/mol. The second kappa shape index (κ2) is 5.10. The number of nitrogens with zero attached hydrogens (tertiary/aromatic N) is 2. The van der Waals surface area contributed by atoms with E-state index in [2.05, 4.69) is 25.8 Å². The number of halogens is 2. The minimum Gasteiger partial charge on any atom is -0.393 e. The Morgan fingerprint density at radius 3 is 3.00 bits per heavy atom. The summed E-state index contributed by atoms with van der Waals surface area (Å²) in [4.78, 5) is 6.39. The summed E-state index contributed by atoms with van der Waals surface area (Å²) in [5.41, 5.74) is -0.471. The summed E-state index contributed by atoms with van der Waals surface area (Å²) < 4.78 is 6.26. The number of aromatic nitrogens is 1. The van der Waals surface area contributed by atoms with Crippen LogP contribution >= 0.6 is 27.5 Å². The van der Waals surface area contributed by atoms with E-state index in [4.69, 9.17) is 16.3 Å². The van der Waals surface area contributed by atoms with Crippen molar-refractivity contribution in [3.63, 3.8) is 0 Å². The van der Waals surface area contributed by atoms with Crippen LogP contribution in [0.15, 0.2) is 16.7 Å². The first-order chi connectivity index (χ1) is 8.10. The molecule has 0 spiro atoms. The van der Waals surface area contributed by atoms with Crippen molar-refractivity contribution in [1.29, 1.82) is 0 Å². The van der Waals surface area contributed by atoms with Gasteiger partial charge in [0.2, 0.25) is 0 Å². The van der Waals surface area contributed by atoms with Crippen LogP contribution in [0.3, 0.4) is 0 Å². The summed E-state index contributed by atoms with van der Waals surface area (Å²) >= 11 is 9.31. The number of hydrogen-bond donors (Lipinski definition) is 1. The van der Waals surface area contributed by atoms with E-state index in [1.807, 2.05) is 6.07 Å². The van der Waals surface area contributed by atoms with Crippen LogP contribution < -0.4 is 4.90 Å². The second-order valence-electron chi connectivity index (χ2n) is 4.18. The molecule has 1 saturated heterocycles. The van der Waals surface area contributed by atoms with Gasteiger partial charge >= 0.3 is 0 Å². The molecule has 0 amide bonds. The maximum Gasteiger partial charge on any atom is 0.143 e. The van der Waals surface area contributed by atoms with Gasteiger partial charge < -0.3 is 14.7 Å². The predicted molar refractivity (Wildman–Crippen MR) is 70.6 cm³/mol. The minimum absolute atomic E-state index is 0.0191. The Labute approximate surface area is 114 Å². The maximum atomic E-state index is 9.39. The van der Waals surface area contributed by atoms with Crippen LogP contribution in [0.4, 0.5) is 5.82 Å². The van der Waals surface area contributed by atoms with E-state index in [0.29, 0.717) is 11.6 Å². The number of anilines is 1. The monoisotopic (exact) mass is 320 g/mol. The van der Waals surface area contributed by atoms with E-state index in [1.165, 1.54) is 0 Å². The first kappa shape index (κ1) is 13.1. The molecule has 17 heavy (non-hydrogen) atoms. The predicted octanol–water partition coefficient (Wildman–Crippen LogP) is 2.09. The zero-order chi connectivity index (χ0) is 12.5. The van der Waals surface area contributed by atoms with Crippen LogP contribution in [0.25, 0.3) is 0 Å². The number of aliphatic hydroxyl groups is 1. The van der Waals surface area contributed by atoms with Crippen molar-refractivity contribution < 1.29 is 9.84 Å². The van der Waals surface area contributed by atoms with E-state index < -0.39 is 5.60 Å². The van der Waals surface area contributed by atoms with E-state index in [1.54, 1.807) is 13.3 Å². The number of rotatable bonds is 3. The Hall–Kier alpha value is -0.360. The standard InChI is InChI=1S/C11H14BrClN2O2/c1-17-11(7-16)2-3-15(6-11)10-9(12)4-8(13)5-14-10/h4-5,16H,2-3,6-7H2,1H3. The van der Waals surface area contributed by atoms with Gasteiger partial charge in [-0.25, -0.2) is 4.98 Å². The normalized spacial score (nSPS) is 24.4. The molecule has 2 heterocycles. The highest BCUT2D eigenvalue weighted by Gasteiger charge is 2.38. The summed E-state index contributed by atoms with van der Waals surface area (Å²) in [5.74, 6) is 0.835. The summed E-state index contributed by atoms with van der Waals surface area (Å²) in [6.45, 7) is 1.46. The van der Waals surface area contributed by atoms with Crippen molar-refractivity contribution >= 4 is 33.3 Å². The highest BCUT2D eigenvalue weighted by atomic mass is 79.9. The summed E-state index contributed by atoms with van der Waals surface area (Å²) in [6.07, 6.45) is 2.41. The smallest absolute Gasteiger partial charge is 0.143 e. The third-order valence-electron chi connectivity index (χ3n) is 3.13. The first-order valence-electron chi connectivity index (χ1n) is 5.32. The third kappa shape index (κ3) is 2.57. The molecule has 0 bridgehead atoms. The quantitative estimate of drug-likeness (QED) is 0.926. The van der Waals surface area contributed by atoms with Crippen LogP contribution in [-0.2, 0) is 4.74 Å². The molecule has 1 unspecified atom stereocenters. The lowest BCUT2D eigenvalue weighted by Crippen LogP contribution is -2.39. The molecule has 1 aromatic heterocycles. The molecule has 1 aliphatic heterocycles. The topological polar surface area (TPSA) is 45.6 Å². The van der Waals surface area contributed by atoms with Gasteiger partial charge in [-0.15, -0.1) is 0 Å². The fourth-order valence-corrected chi connectivity index (χ4v) is 2.92. The highest BCUT2D eigenvalue weighted by molar-refractivity contribution is 9.10. The van der Waals surface area contributed by atoms with Gasteiger partial charge in [0.05, 0.1) is 22.6 Å². The molecule has 6 heteroatoms. The van der Waals surface area contributed by atoms with E-state index in [9.17, 15) is 5.11 Å².